The van der Waals surface area contributed by atoms with Gasteiger partial charge in [-0.2, -0.15) is 0 Å². The second kappa shape index (κ2) is 5.55. The molecule has 0 fully saturated rings. The van der Waals surface area contributed by atoms with Gasteiger partial charge in [0.25, 0.3) is 0 Å². The van der Waals surface area contributed by atoms with Crippen LogP contribution in [0.25, 0.3) is 5.57 Å². The normalized spacial score (nSPS) is 10.3. The van der Waals surface area contributed by atoms with E-state index in [0.717, 1.165) is 11.1 Å². The molecule has 0 aromatic heterocycles. The lowest BCUT2D eigenvalue weighted by molar-refractivity contribution is 0.483. The van der Waals surface area contributed by atoms with Crippen LogP contribution < -0.4 is 10.5 Å². The Morgan fingerprint density at radius 2 is 1.79 bits per heavy atom. The summed E-state index contributed by atoms with van der Waals surface area (Å²) in [5, 5.41) is 0.761. The molecule has 0 heterocycles. The number of halogens is 2. The maximum Gasteiger partial charge on any atom is 0.164 e. The highest BCUT2D eigenvalue weighted by molar-refractivity contribution is 6.37. The monoisotopic (exact) mass is 293 g/mol. The van der Waals surface area contributed by atoms with Crippen LogP contribution in [-0.4, -0.2) is 0 Å². The molecule has 2 rings (SSSR count). The molecule has 0 atom stereocenters. The van der Waals surface area contributed by atoms with E-state index in [1.54, 1.807) is 12.1 Å². The van der Waals surface area contributed by atoms with Crippen LogP contribution >= 0.6 is 23.2 Å². The van der Waals surface area contributed by atoms with E-state index in [1.165, 1.54) is 0 Å². The topological polar surface area (TPSA) is 35.2 Å². The molecule has 98 valence electrons. The number of ether oxygens (including phenoxy) is 1. The minimum absolute atomic E-state index is 0.380. The van der Waals surface area contributed by atoms with Crippen LogP contribution in [0.4, 0.5) is 5.69 Å². The first kappa shape index (κ1) is 13.8. The molecule has 0 aliphatic rings. The third-order valence-corrected chi connectivity index (χ3v) is 3.13. The molecule has 2 N–H and O–H groups in total. The molecule has 0 amide bonds. The lowest BCUT2D eigenvalue weighted by Gasteiger charge is -2.11. The number of benzene rings is 2. The van der Waals surface area contributed by atoms with Crippen LogP contribution in [0.15, 0.2) is 43.0 Å². The Labute approximate surface area is 122 Å². The minimum Gasteiger partial charge on any atom is -0.454 e. The molecular formula is C15H13Cl2NO. The van der Waals surface area contributed by atoms with Gasteiger partial charge in [-0.25, -0.2) is 0 Å². The molecule has 19 heavy (non-hydrogen) atoms. The van der Waals surface area contributed by atoms with Crippen LogP contribution in [-0.2, 0) is 0 Å². The quantitative estimate of drug-likeness (QED) is 0.769. The third-order valence-electron chi connectivity index (χ3n) is 2.57. The first-order valence-electron chi connectivity index (χ1n) is 5.65. The molecule has 0 saturated heterocycles. The van der Waals surface area contributed by atoms with E-state index in [1.807, 2.05) is 31.2 Å². The number of allylic oxidation sites excluding steroid dienone is 1. The van der Waals surface area contributed by atoms with Crippen LogP contribution in [0, 0.1) is 0 Å². The summed E-state index contributed by atoms with van der Waals surface area (Å²) in [6, 6.07) is 10.8. The highest BCUT2D eigenvalue weighted by Gasteiger charge is 2.10. The summed E-state index contributed by atoms with van der Waals surface area (Å²) in [6.45, 7) is 5.83. The van der Waals surface area contributed by atoms with Crippen molar-refractivity contribution in [1.29, 1.82) is 0 Å². The summed E-state index contributed by atoms with van der Waals surface area (Å²) < 4.78 is 5.73. The lowest BCUT2D eigenvalue weighted by atomic mass is 10.1. The number of nitrogen functional groups attached to an aromatic ring is 1. The Balaban J connectivity index is 2.36. The van der Waals surface area contributed by atoms with Gasteiger partial charge in [0.15, 0.2) is 5.75 Å². The maximum atomic E-state index is 6.08. The predicted molar refractivity (Wildman–Crippen MR) is 82.1 cm³/mol. The van der Waals surface area contributed by atoms with Crippen molar-refractivity contribution in [2.24, 2.45) is 0 Å². The zero-order valence-corrected chi connectivity index (χ0v) is 11.9. The molecule has 0 aliphatic carbocycles. The molecular weight excluding hydrogens is 281 g/mol. The standard InChI is InChI=1S/C15H13Cl2NO/c1-9(2)10-4-3-5-12(6-10)19-15-13(16)7-11(18)8-14(15)17/h3-8H,1,18H2,2H3. The van der Waals surface area contributed by atoms with Crippen molar-refractivity contribution >= 4 is 34.5 Å². The van der Waals surface area contributed by atoms with Gasteiger partial charge in [-0.15, -0.1) is 0 Å². The van der Waals surface area contributed by atoms with E-state index in [4.69, 9.17) is 33.7 Å². The average molecular weight is 294 g/mol. The van der Waals surface area contributed by atoms with Gasteiger partial charge in [0.2, 0.25) is 0 Å². The van der Waals surface area contributed by atoms with E-state index in [0.29, 0.717) is 27.2 Å². The summed E-state index contributed by atoms with van der Waals surface area (Å²) in [4.78, 5) is 0. The van der Waals surface area contributed by atoms with Gasteiger partial charge in [-0.1, -0.05) is 47.5 Å². The van der Waals surface area contributed by atoms with Gasteiger partial charge in [-0.05, 0) is 36.8 Å². The summed E-state index contributed by atoms with van der Waals surface area (Å²) in [6.07, 6.45) is 0. The van der Waals surface area contributed by atoms with Crippen molar-refractivity contribution in [2.75, 3.05) is 5.73 Å². The Kier molecular flexibility index (Phi) is 4.03. The number of hydrogen-bond donors (Lipinski definition) is 1. The van der Waals surface area contributed by atoms with Crippen LogP contribution in [0.3, 0.4) is 0 Å². The van der Waals surface area contributed by atoms with Crippen molar-refractivity contribution < 1.29 is 4.74 Å². The minimum atomic E-state index is 0.380. The summed E-state index contributed by atoms with van der Waals surface area (Å²) in [5.74, 6) is 1.05. The highest BCUT2D eigenvalue weighted by atomic mass is 35.5. The van der Waals surface area contributed by atoms with Crippen molar-refractivity contribution in [3.05, 3.63) is 58.6 Å². The number of nitrogens with two attached hydrogens (primary N) is 1. The maximum absolute atomic E-state index is 6.08. The largest absolute Gasteiger partial charge is 0.454 e. The molecule has 0 spiro atoms. The van der Waals surface area contributed by atoms with Gasteiger partial charge in [0.05, 0.1) is 10.0 Å². The number of anilines is 1. The first-order chi connectivity index (χ1) is 8.97. The summed E-state index contributed by atoms with van der Waals surface area (Å²) in [5.41, 5.74) is 8.11. The van der Waals surface area contributed by atoms with Gasteiger partial charge >= 0.3 is 0 Å². The fourth-order valence-electron chi connectivity index (χ4n) is 1.62. The second-order valence-corrected chi connectivity index (χ2v) is 5.04. The first-order valence-corrected chi connectivity index (χ1v) is 6.41. The molecule has 0 aliphatic heterocycles. The molecule has 0 saturated carbocycles. The van der Waals surface area contributed by atoms with E-state index in [2.05, 4.69) is 6.58 Å². The fourth-order valence-corrected chi connectivity index (χ4v) is 2.20. The zero-order valence-electron chi connectivity index (χ0n) is 10.4. The smallest absolute Gasteiger partial charge is 0.164 e. The van der Waals surface area contributed by atoms with Crippen LogP contribution in [0.5, 0.6) is 11.5 Å². The van der Waals surface area contributed by atoms with E-state index in [9.17, 15) is 0 Å². The van der Waals surface area contributed by atoms with E-state index >= 15 is 0 Å². The fraction of sp³-hybridized carbons (Fsp3) is 0.0667. The Bertz CT molecular complexity index is 615. The lowest BCUT2D eigenvalue weighted by Crippen LogP contribution is -1.91. The van der Waals surface area contributed by atoms with Crippen LogP contribution in [0.1, 0.15) is 12.5 Å². The molecule has 4 heteroatoms. The average Bonchev–Trinajstić information content (AvgIpc) is 2.34. The third kappa shape index (κ3) is 3.22. The Morgan fingerprint density at radius 3 is 2.37 bits per heavy atom. The van der Waals surface area contributed by atoms with Gasteiger partial charge in [0, 0.05) is 5.69 Å². The molecule has 0 unspecified atom stereocenters. The SMILES string of the molecule is C=C(C)c1cccc(Oc2c(Cl)cc(N)cc2Cl)c1. The van der Waals surface area contributed by atoms with Crippen molar-refractivity contribution in [1.82, 2.24) is 0 Å². The zero-order chi connectivity index (χ0) is 14.0. The van der Waals surface area contributed by atoms with Crippen molar-refractivity contribution in [3.8, 4) is 11.5 Å². The summed E-state index contributed by atoms with van der Waals surface area (Å²) >= 11 is 12.2. The van der Waals surface area contributed by atoms with Gasteiger partial charge in [-0.3, -0.25) is 0 Å². The van der Waals surface area contributed by atoms with E-state index in [-0.39, 0.29) is 0 Å². The Morgan fingerprint density at radius 1 is 1.16 bits per heavy atom. The number of rotatable bonds is 3. The van der Waals surface area contributed by atoms with E-state index < -0.39 is 0 Å². The number of hydrogen-bond acceptors (Lipinski definition) is 2. The summed E-state index contributed by atoms with van der Waals surface area (Å²) in [7, 11) is 0. The highest BCUT2D eigenvalue weighted by Crippen LogP contribution is 2.38. The molecule has 2 aromatic rings. The predicted octanol–water partition coefficient (Wildman–Crippen LogP) is 5.40. The molecule has 0 bridgehead atoms. The molecule has 2 nitrogen and oxygen atoms in total. The molecule has 2 aromatic carbocycles. The molecule has 0 radical (unpaired) electrons. The van der Waals surface area contributed by atoms with Gasteiger partial charge < -0.3 is 10.5 Å². The van der Waals surface area contributed by atoms with Crippen molar-refractivity contribution in [2.45, 2.75) is 6.92 Å². The van der Waals surface area contributed by atoms with Crippen molar-refractivity contribution in [3.63, 3.8) is 0 Å². The van der Waals surface area contributed by atoms with Gasteiger partial charge in [0.1, 0.15) is 5.75 Å². The second-order valence-electron chi connectivity index (χ2n) is 4.22. The Hall–Kier alpha value is -1.64. The van der Waals surface area contributed by atoms with Crippen LogP contribution in [0.2, 0.25) is 10.0 Å².